The van der Waals surface area contributed by atoms with Crippen LogP contribution >= 0.6 is 11.3 Å². The molecule has 0 aromatic carbocycles. The summed E-state index contributed by atoms with van der Waals surface area (Å²) < 4.78 is 22.9. The second kappa shape index (κ2) is 6.06. The second-order valence-electron chi connectivity index (χ2n) is 4.74. The van der Waals surface area contributed by atoms with E-state index in [2.05, 4.69) is 16.7 Å². The van der Waals surface area contributed by atoms with Crippen LogP contribution in [0.4, 0.5) is 0 Å². The van der Waals surface area contributed by atoms with Crippen molar-refractivity contribution in [3.8, 4) is 11.8 Å². The standard InChI is InChI=1S/C13H18N2O2S2/c1-15(11-6-8-19(16,17)10-11)9-13-5-4-12(18-13)3-2-7-14/h4-5,11H,6-10,14H2,1H3. The summed E-state index contributed by atoms with van der Waals surface area (Å²) in [6.07, 6.45) is 0.740. The minimum atomic E-state index is -2.81. The van der Waals surface area contributed by atoms with E-state index in [1.165, 1.54) is 4.88 Å². The molecular weight excluding hydrogens is 280 g/mol. The van der Waals surface area contributed by atoms with E-state index in [-0.39, 0.29) is 11.8 Å². The number of thiophene rings is 1. The fourth-order valence-electron chi connectivity index (χ4n) is 2.17. The van der Waals surface area contributed by atoms with Gasteiger partial charge in [0.2, 0.25) is 0 Å². The summed E-state index contributed by atoms with van der Waals surface area (Å²) in [5.74, 6) is 6.45. The topological polar surface area (TPSA) is 63.4 Å². The Balaban J connectivity index is 1.96. The zero-order chi connectivity index (χ0) is 13.9. The van der Waals surface area contributed by atoms with E-state index < -0.39 is 9.84 Å². The molecule has 1 aromatic rings. The van der Waals surface area contributed by atoms with Crippen molar-refractivity contribution in [2.24, 2.45) is 5.73 Å². The molecule has 104 valence electrons. The van der Waals surface area contributed by atoms with Gasteiger partial charge in [-0.1, -0.05) is 11.8 Å². The van der Waals surface area contributed by atoms with Crippen molar-refractivity contribution in [2.75, 3.05) is 25.1 Å². The maximum Gasteiger partial charge on any atom is 0.151 e. The maximum absolute atomic E-state index is 11.5. The predicted molar refractivity (Wildman–Crippen MR) is 78.8 cm³/mol. The van der Waals surface area contributed by atoms with E-state index in [9.17, 15) is 8.42 Å². The molecule has 1 aromatic heterocycles. The van der Waals surface area contributed by atoms with Crippen molar-refractivity contribution >= 4 is 21.2 Å². The molecule has 6 heteroatoms. The number of rotatable bonds is 3. The van der Waals surface area contributed by atoms with E-state index in [1.54, 1.807) is 11.3 Å². The van der Waals surface area contributed by atoms with Gasteiger partial charge in [0.1, 0.15) is 0 Å². The molecule has 1 unspecified atom stereocenters. The summed E-state index contributed by atoms with van der Waals surface area (Å²) >= 11 is 1.64. The van der Waals surface area contributed by atoms with Crippen LogP contribution in [0.2, 0.25) is 0 Å². The molecular formula is C13H18N2O2S2. The molecule has 1 atom stereocenters. The van der Waals surface area contributed by atoms with Crippen LogP contribution < -0.4 is 5.73 Å². The SMILES string of the molecule is CN(Cc1ccc(C#CCN)s1)C1CCS(=O)(=O)C1. The highest BCUT2D eigenvalue weighted by atomic mass is 32.2. The number of hydrogen-bond donors (Lipinski definition) is 1. The zero-order valence-electron chi connectivity index (χ0n) is 10.9. The molecule has 19 heavy (non-hydrogen) atoms. The maximum atomic E-state index is 11.5. The lowest BCUT2D eigenvalue weighted by molar-refractivity contribution is 0.256. The summed E-state index contributed by atoms with van der Waals surface area (Å²) in [5.41, 5.74) is 5.34. The highest BCUT2D eigenvalue weighted by Crippen LogP contribution is 2.21. The lowest BCUT2D eigenvalue weighted by atomic mass is 10.2. The Bertz CT molecular complexity index is 596. The van der Waals surface area contributed by atoms with Crippen LogP contribution in [0.15, 0.2) is 12.1 Å². The Labute approximate surface area is 118 Å². The van der Waals surface area contributed by atoms with Crippen LogP contribution in [0.25, 0.3) is 0 Å². The number of hydrogen-bond acceptors (Lipinski definition) is 5. The van der Waals surface area contributed by atoms with Crippen molar-refractivity contribution in [1.82, 2.24) is 4.90 Å². The van der Waals surface area contributed by atoms with Gasteiger partial charge in [0.05, 0.1) is 22.9 Å². The second-order valence-corrected chi connectivity index (χ2v) is 8.14. The van der Waals surface area contributed by atoms with Gasteiger partial charge in [0.25, 0.3) is 0 Å². The first-order chi connectivity index (χ1) is 9.00. The zero-order valence-corrected chi connectivity index (χ0v) is 12.6. The minimum Gasteiger partial charge on any atom is -0.320 e. The van der Waals surface area contributed by atoms with Crippen LogP contribution in [-0.4, -0.2) is 44.5 Å². The summed E-state index contributed by atoms with van der Waals surface area (Å²) in [7, 11) is -0.831. The van der Waals surface area contributed by atoms with Crippen LogP contribution in [-0.2, 0) is 16.4 Å². The van der Waals surface area contributed by atoms with Gasteiger partial charge in [-0.2, -0.15) is 0 Å². The number of nitrogens with two attached hydrogens (primary N) is 1. The van der Waals surface area contributed by atoms with Gasteiger partial charge in [-0.25, -0.2) is 8.42 Å². The smallest absolute Gasteiger partial charge is 0.151 e. The molecule has 1 saturated heterocycles. The van der Waals surface area contributed by atoms with Gasteiger partial charge >= 0.3 is 0 Å². The molecule has 0 radical (unpaired) electrons. The normalized spacial score (nSPS) is 21.3. The van der Waals surface area contributed by atoms with Gasteiger partial charge < -0.3 is 5.73 Å². The Morgan fingerprint density at radius 3 is 2.95 bits per heavy atom. The van der Waals surface area contributed by atoms with Crippen LogP contribution in [0.5, 0.6) is 0 Å². The average molecular weight is 298 g/mol. The molecule has 0 bridgehead atoms. The van der Waals surface area contributed by atoms with Crippen molar-refractivity contribution in [3.05, 3.63) is 21.9 Å². The van der Waals surface area contributed by atoms with Gasteiger partial charge in [0, 0.05) is 17.5 Å². The molecule has 1 aliphatic heterocycles. The predicted octanol–water partition coefficient (Wildman–Crippen LogP) is 0.677. The van der Waals surface area contributed by atoms with Crippen LogP contribution in [0.3, 0.4) is 0 Å². The van der Waals surface area contributed by atoms with E-state index >= 15 is 0 Å². The third kappa shape index (κ3) is 4.05. The van der Waals surface area contributed by atoms with Gasteiger partial charge in [0.15, 0.2) is 9.84 Å². The van der Waals surface area contributed by atoms with Crippen molar-refractivity contribution in [2.45, 2.75) is 19.0 Å². The Morgan fingerprint density at radius 1 is 1.53 bits per heavy atom. The molecule has 0 spiro atoms. The van der Waals surface area contributed by atoms with Crippen LogP contribution in [0, 0.1) is 11.8 Å². The summed E-state index contributed by atoms with van der Waals surface area (Å²) in [6, 6.07) is 4.18. The van der Waals surface area contributed by atoms with E-state index in [4.69, 9.17) is 5.73 Å². The van der Waals surface area contributed by atoms with Crippen molar-refractivity contribution < 1.29 is 8.42 Å². The highest BCUT2D eigenvalue weighted by Gasteiger charge is 2.30. The quantitative estimate of drug-likeness (QED) is 0.834. The van der Waals surface area contributed by atoms with Gasteiger partial charge in [-0.05, 0) is 25.6 Å². The molecule has 0 aliphatic carbocycles. The molecule has 0 amide bonds. The third-order valence-corrected chi connectivity index (χ3v) is 5.95. The third-order valence-electron chi connectivity index (χ3n) is 3.21. The summed E-state index contributed by atoms with van der Waals surface area (Å²) in [4.78, 5) is 4.33. The number of nitrogens with zero attached hydrogens (tertiary/aromatic N) is 1. The molecule has 2 heterocycles. The van der Waals surface area contributed by atoms with Gasteiger partial charge in [-0.3, -0.25) is 4.90 Å². The lowest BCUT2D eigenvalue weighted by Crippen LogP contribution is -2.31. The van der Waals surface area contributed by atoms with Crippen molar-refractivity contribution in [1.29, 1.82) is 0 Å². The average Bonchev–Trinajstić information content (AvgIpc) is 2.93. The summed E-state index contributed by atoms with van der Waals surface area (Å²) in [5, 5.41) is 0. The Kier molecular flexibility index (Phi) is 4.63. The van der Waals surface area contributed by atoms with Crippen LogP contribution in [0.1, 0.15) is 16.2 Å². The lowest BCUT2D eigenvalue weighted by Gasteiger charge is -2.22. The minimum absolute atomic E-state index is 0.144. The van der Waals surface area contributed by atoms with Gasteiger partial charge in [-0.15, -0.1) is 11.3 Å². The molecule has 4 nitrogen and oxygen atoms in total. The molecule has 1 fully saturated rings. The van der Waals surface area contributed by atoms with Crippen molar-refractivity contribution in [3.63, 3.8) is 0 Å². The van der Waals surface area contributed by atoms with E-state index in [1.807, 2.05) is 19.2 Å². The molecule has 0 saturated carbocycles. The number of sulfone groups is 1. The Hall–Kier alpha value is -0.870. The van der Waals surface area contributed by atoms with E-state index in [0.717, 1.165) is 17.8 Å². The Morgan fingerprint density at radius 2 is 2.32 bits per heavy atom. The first-order valence-corrected chi connectivity index (χ1v) is 8.82. The first-order valence-electron chi connectivity index (χ1n) is 6.18. The van der Waals surface area contributed by atoms with E-state index in [0.29, 0.717) is 12.3 Å². The summed E-state index contributed by atoms with van der Waals surface area (Å²) in [6.45, 7) is 1.14. The highest BCUT2D eigenvalue weighted by molar-refractivity contribution is 7.91. The molecule has 2 N–H and O–H groups in total. The molecule has 1 aliphatic rings. The fraction of sp³-hybridized carbons (Fsp3) is 0.538. The largest absolute Gasteiger partial charge is 0.320 e. The first kappa shape index (κ1) is 14.5. The fourth-order valence-corrected chi connectivity index (χ4v) is 4.92. The molecule has 2 rings (SSSR count). The monoisotopic (exact) mass is 298 g/mol.